The number of halogens is 6. The third-order valence-corrected chi connectivity index (χ3v) is 3.09. The van der Waals surface area contributed by atoms with Crippen LogP contribution in [0.25, 0.3) is 6.08 Å². The molecule has 1 unspecified atom stereocenters. The summed E-state index contributed by atoms with van der Waals surface area (Å²) < 4.78 is 85.6. The van der Waals surface area contributed by atoms with Gasteiger partial charge in [0.2, 0.25) is 0 Å². The molecule has 25 heavy (non-hydrogen) atoms. The van der Waals surface area contributed by atoms with Crippen molar-refractivity contribution < 1.29 is 45.7 Å². The molecule has 0 aromatic heterocycles. The molecule has 1 heterocycles. The Bertz CT molecular complexity index is 797. The van der Waals surface area contributed by atoms with E-state index < -0.39 is 41.2 Å². The third kappa shape index (κ3) is 3.50. The molecule has 0 aliphatic carbocycles. The van der Waals surface area contributed by atoms with E-state index in [2.05, 4.69) is 4.74 Å². The molecule has 10 heteroatoms. The van der Waals surface area contributed by atoms with Crippen LogP contribution in [0.15, 0.2) is 23.8 Å². The molecule has 1 N–H and O–H groups in total. The number of alkyl halides is 6. The molecule has 0 spiro atoms. The molecule has 0 fully saturated rings. The van der Waals surface area contributed by atoms with Crippen LogP contribution in [0.1, 0.15) is 12.5 Å². The Morgan fingerprint density at radius 1 is 1.24 bits per heavy atom. The van der Waals surface area contributed by atoms with Gasteiger partial charge in [-0.15, -0.1) is 19.1 Å². The SMILES string of the molecule is CC#CC1(C(F)(F)F)Oc2ccc(OC(F)(F)F)cc2C=C1C(=O)O. The normalized spacial score (nSPS) is 19.7. The Balaban J connectivity index is 2.64. The van der Waals surface area contributed by atoms with Gasteiger partial charge in [0.05, 0.1) is 0 Å². The minimum Gasteiger partial charge on any atom is -0.478 e. The van der Waals surface area contributed by atoms with Gasteiger partial charge in [-0.25, -0.2) is 4.79 Å². The number of carboxylic acids is 1. The minimum atomic E-state index is -5.21. The first-order chi connectivity index (χ1) is 11.4. The molecular weight excluding hydrogens is 358 g/mol. The summed E-state index contributed by atoms with van der Waals surface area (Å²) in [5.41, 5.74) is -5.03. The van der Waals surface area contributed by atoms with Crippen LogP contribution in [0.3, 0.4) is 0 Å². The van der Waals surface area contributed by atoms with E-state index in [9.17, 15) is 31.1 Å². The van der Waals surface area contributed by atoms with Crippen molar-refractivity contribution in [1.82, 2.24) is 0 Å². The summed E-state index contributed by atoms with van der Waals surface area (Å²) in [5.74, 6) is 0.472. The fraction of sp³-hybridized carbons (Fsp3) is 0.267. The van der Waals surface area contributed by atoms with E-state index in [0.29, 0.717) is 12.1 Å². The van der Waals surface area contributed by atoms with Crippen LogP contribution in [0, 0.1) is 11.8 Å². The lowest BCUT2D eigenvalue weighted by Gasteiger charge is -2.35. The molecule has 0 bridgehead atoms. The third-order valence-electron chi connectivity index (χ3n) is 3.09. The van der Waals surface area contributed by atoms with E-state index in [1.807, 2.05) is 5.92 Å². The van der Waals surface area contributed by atoms with Gasteiger partial charge >= 0.3 is 18.5 Å². The predicted octanol–water partition coefficient (Wildman–Crippen LogP) is 3.77. The Morgan fingerprint density at radius 3 is 2.36 bits per heavy atom. The standard InChI is InChI=1S/C15H8F6O4/c1-2-5-13(14(16,17)18)10(12(22)23)7-8-6-9(24-15(19,20)21)3-4-11(8)25-13/h3-4,6-7H,1H3,(H,22,23). The molecule has 1 aliphatic heterocycles. The molecule has 0 saturated heterocycles. The van der Waals surface area contributed by atoms with Crippen LogP contribution in [0.5, 0.6) is 11.5 Å². The maximum absolute atomic E-state index is 13.5. The van der Waals surface area contributed by atoms with E-state index in [1.165, 1.54) is 0 Å². The van der Waals surface area contributed by atoms with Crippen molar-refractivity contribution in [3.63, 3.8) is 0 Å². The van der Waals surface area contributed by atoms with Gasteiger partial charge in [0, 0.05) is 5.56 Å². The Hall–Kier alpha value is -2.83. The lowest BCUT2D eigenvalue weighted by Crippen LogP contribution is -2.53. The second-order valence-corrected chi connectivity index (χ2v) is 4.77. The number of rotatable bonds is 2. The monoisotopic (exact) mass is 366 g/mol. The lowest BCUT2D eigenvalue weighted by atomic mass is 9.88. The Labute approximate surface area is 136 Å². The molecule has 0 radical (unpaired) electrons. The van der Waals surface area contributed by atoms with Crippen LogP contribution in [0.4, 0.5) is 26.3 Å². The zero-order valence-corrected chi connectivity index (χ0v) is 12.2. The number of carbonyl (C=O) groups is 1. The van der Waals surface area contributed by atoms with E-state index in [4.69, 9.17) is 9.84 Å². The quantitative estimate of drug-likeness (QED) is 0.640. The molecule has 4 nitrogen and oxygen atoms in total. The smallest absolute Gasteiger partial charge is 0.478 e. The number of aliphatic carboxylic acids is 1. The molecule has 1 aromatic rings. The fourth-order valence-corrected chi connectivity index (χ4v) is 2.17. The van der Waals surface area contributed by atoms with Crippen molar-refractivity contribution in [2.75, 3.05) is 0 Å². The number of hydrogen-bond donors (Lipinski definition) is 1. The van der Waals surface area contributed by atoms with E-state index in [-0.39, 0.29) is 5.56 Å². The highest BCUT2D eigenvalue weighted by molar-refractivity contribution is 5.97. The number of benzene rings is 1. The molecular formula is C15H8F6O4. The van der Waals surface area contributed by atoms with Gasteiger partial charge in [0.25, 0.3) is 5.60 Å². The summed E-state index contributed by atoms with van der Waals surface area (Å²) in [6, 6.07) is 2.27. The van der Waals surface area contributed by atoms with Gasteiger partial charge in [-0.1, -0.05) is 0 Å². The van der Waals surface area contributed by atoms with Gasteiger partial charge in [-0.2, -0.15) is 13.2 Å². The van der Waals surface area contributed by atoms with Gasteiger partial charge in [0.1, 0.15) is 17.1 Å². The molecule has 1 aromatic carbocycles. The average molecular weight is 366 g/mol. The predicted molar refractivity (Wildman–Crippen MR) is 71.6 cm³/mol. The molecule has 0 amide bonds. The molecule has 0 saturated carbocycles. The topological polar surface area (TPSA) is 55.8 Å². The van der Waals surface area contributed by atoms with Crippen LogP contribution in [-0.2, 0) is 4.79 Å². The molecule has 134 valence electrons. The number of carboxylic acid groups (broad SMARTS) is 1. The van der Waals surface area contributed by atoms with Crippen LogP contribution in [0.2, 0.25) is 0 Å². The zero-order chi connectivity index (χ0) is 19.0. The highest BCUT2D eigenvalue weighted by Crippen LogP contribution is 2.46. The van der Waals surface area contributed by atoms with Crippen LogP contribution < -0.4 is 9.47 Å². The number of hydrogen-bond acceptors (Lipinski definition) is 3. The molecule has 1 atom stereocenters. The first kappa shape index (κ1) is 18.5. The van der Waals surface area contributed by atoms with Crippen LogP contribution in [-0.4, -0.2) is 29.2 Å². The minimum absolute atomic E-state index is 0.322. The van der Waals surface area contributed by atoms with Crippen molar-refractivity contribution in [3.05, 3.63) is 29.3 Å². The zero-order valence-electron chi connectivity index (χ0n) is 12.2. The Kier molecular flexibility index (Phi) is 4.38. The van der Waals surface area contributed by atoms with Gasteiger partial charge in [-0.05, 0) is 37.1 Å². The second-order valence-electron chi connectivity index (χ2n) is 4.77. The maximum atomic E-state index is 13.5. The number of fused-ring (bicyclic) bond motifs is 1. The lowest BCUT2D eigenvalue weighted by molar-refractivity contribution is -0.274. The van der Waals surface area contributed by atoms with E-state index >= 15 is 0 Å². The highest BCUT2D eigenvalue weighted by Gasteiger charge is 2.62. The summed E-state index contributed by atoms with van der Waals surface area (Å²) >= 11 is 0. The fourth-order valence-electron chi connectivity index (χ4n) is 2.17. The van der Waals surface area contributed by atoms with Crippen LogP contribution >= 0.6 is 0 Å². The first-order valence-electron chi connectivity index (χ1n) is 6.44. The highest BCUT2D eigenvalue weighted by atomic mass is 19.4. The van der Waals surface area contributed by atoms with E-state index in [0.717, 1.165) is 19.1 Å². The first-order valence-corrected chi connectivity index (χ1v) is 6.44. The second kappa shape index (κ2) is 5.91. The van der Waals surface area contributed by atoms with Gasteiger partial charge < -0.3 is 14.6 Å². The van der Waals surface area contributed by atoms with Crippen molar-refractivity contribution in [3.8, 4) is 23.3 Å². The van der Waals surface area contributed by atoms with Crippen molar-refractivity contribution in [1.29, 1.82) is 0 Å². The Morgan fingerprint density at radius 2 is 1.88 bits per heavy atom. The maximum Gasteiger partial charge on any atom is 0.573 e. The largest absolute Gasteiger partial charge is 0.573 e. The molecule has 2 rings (SSSR count). The summed E-state index contributed by atoms with van der Waals surface area (Å²) in [6.45, 7) is 1.06. The summed E-state index contributed by atoms with van der Waals surface area (Å²) in [4.78, 5) is 11.3. The summed E-state index contributed by atoms with van der Waals surface area (Å²) in [5, 5.41) is 9.12. The van der Waals surface area contributed by atoms with Gasteiger partial charge in [0.15, 0.2) is 0 Å². The summed E-state index contributed by atoms with van der Waals surface area (Å²) in [7, 11) is 0. The van der Waals surface area contributed by atoms with Gasteiger partial charge in [-0.3, -0.25) is 0 Å². The summed E-state index contributed by atoms with van der Waals surface area (Å²) in [6.07, 6.45) is -9.67. The number of ether oxygens (including phenoxy) is 2. The van der Waals surface area contributed by atoms with Crippen molar-refractivity contribution >= 4 is 12.0 Å². The van der Waals surface area contributed by atoms with Crippen molar-refractivity contribution in [2.45, 2.75) is 25.1 Å². The average Bonchev–Trinajstić information content (AvgIpc) is 2.44. The van der Waals surface area contributed by atoms with Crippen molar-refractivity contribution in [2.24, 2.45) is 0 Å². The molecule has 1 aliphatic rings. The van der Waals surface area contributed by atoms with E-state index in [1.54, 1.807) is 5.92 Å².